The average Bonchev–Trinajstić information content (AvgIpc) is 2.86. The molecule has 166 valence electrons. The highest BCUT2D eigenvalue weighted by molar-refractivity contribution is 5.83. The van der Waals surface area contributed by atoms with E-state index in [0.29, 0.717) is 6.04 Å². The van der Waals surface area contributed by atoms with Gasteiger partial charge in [-0.3, -0.25) is 0 Å². The molecule has 4 aromatic rings. The van der Waals surface area contributed by atoms with Gasteiger partial charge < -0.3 is 9.64 Å². The van der Waals surface area contributed by atoms with Gasteiger partial charge in [0.1, 0.15) is 5.75 Å². The van der Waals surface area contributed by atoms with Crippen molar-refractivity contribution in [1.82, 2.24) is 4.90 Å². The third kappa shape index (κ3) is 6.04. The molecule has 0 aromatic heterocycles. The average molecular weight is 434 g/mol. The van der Waals surface area contributed by atoms with Crippen molar-refractivity contribution in [3.8, 4) is 17.6 Å². The van der Waals surface area contributed by atoms with E-state index in [1.807, 2.05) is 36.4 Å². The van der Waals surface area contributed by atoms with Gasteiger partial charge >= 0.3 is 0 Å². The maximum atomic E-state index is 5.49. The monoisotopic (exact) mass is 433 g/mol. The van der Waals surface area contributed by atoms with Crippen molar-refractivity contribution < 1.29 is 4.74 Å². The summed E-state index contributed by atoms with van der Waals surface area (Å²) in [5, 5.41) is 2.61. The molecule has 0 bridgehead atoms. The fourth-order valence-electron chi connectivity index (χ4n) is 4.04. The summed E-state index contributed by atoms with van der Waals surface area (Å²) in [5.41, 5.74) is 4.70. The van der Waals surface area contributed by atoms with Crippen molar-refractivity contribution in [2.45, 2.75) is 25.8 Å². The van der Waals surface area contributed by atoms with Crippen LogP contribution in [0.1, 0.15) is 29.2 Å². The minimum absolute atomic E-state index is 0.384. The normalized spacial score (nSPS) is 11.8. The molecule has 33 heavy (non-hydrogen) atoms. The first kappa shape index (κ1) is 22.6. The van der Waals surface area contributed by atoms with Crippen LogP contribution in [-0.4, -0.2) is 31.6 Å². The molecule has 4 aromatic carbocycles. The molecule has 1 unspecified atom stereocenters. The zero-order chi connectivity index (χ0) is 23.0. The first-order valence-corrected chi connectivity index (χ1v) is 11.5. The van der Waals surface area contributed by atoms with Crippen molar-refractivity contribution >= 4 is 10.8 Å². The van der Waals surface area contributed by atoms with E-state index < -0.39 is 0 Å². The molecule has 0 aliphatic rings. The Kier molecular flexibility index (Phi) is 7.45. The number of benzene rings is 4. The number of hydrogen-bond donors (Lipinski definition) is 0. The Bertz CT molecular complexity index is 1270. The van der Waals surface area contributed by atoms with E-state index in [9.17, 15) is 0 Å². The third-order valence-electron chi connectivity index (χ3n) is 6.26. The van der Waals surface area contributed by atoms with Crippen LogP contribution in [0.4, 0.5) is 0 Å². The number of likely N-dealkylation sites (N-methyl/N-ethyl adjacent to an activating group) is 1. The molecular weight excluding hydrogens is 402 g/mol. The summed E-state index contributed by atoms with van der Waals surface area (Å²) >= 11 is 0. The van der Waals surface area contributed by atoms with Crippen LogP contribution in [0.5, 0.6) is 5.75 Å². The molecule has 0 aliphatic heterocycles. The van der Waals surface area contributed by atoms with Gasteiger partial charge in [-0.15, -0.1) is 0 Å². The number of rotatable bonds is 7. The van der Waals surface area contributed by atoms with E-state index in [4.69, 9.17) is 4.74 Å². The van der Waals surface area contributed by atoms with Crippen LogP contribution in [-0.2, 0) is 12.8 Å². The molecule has 2 heteroatoms. The van der Waals surface area contributed by atoms with Crippen molar-refractivity contribution in [3.05, 3.63) is 113 Å². The van der Waals surface area contributed by atoms with Gasteiger partial charge in [0.15, 0.2) is 0 Å². The lowest BCUT2D eigenvalue weighted by molar-refractivity contribution is 0.259. The summed E-state index contributed by atoms with van der Waals surface area (Å²) < 4.78 is 5.49. The van der Waals surface area contributed by atoms with Crippen LogP contribution in [0, 0.1) is 11.8 Å². The van der Waals surface area contributed by atoms with Gasteiger partial charge in [-0.25, -0.2) is 0 Å². The highest BCUT2D eigenvalue weighted by Gasteiger charge is 2.13. The van der Waals surface area contributed by atoms with E-state index >= 15 is 0 Å². The Labute approximate surface area is 197 Å². The van der Waals surface area contributed by atoms with Crippen molar-refractivity contribution in [2.75, 3.05) is 20.7 Å². The molecule has 2 nitrogen and oxygen atoms in total. The minimum Gasteiger partial charge on any atom is -0.497 e. The molecule has 1 atom stereocenters. The van der Waals surface area contributed by atoms with Gasteiger partial charge in [0, 0.05) is 23.7 Å². The second-order valence-electron chi connectivity index (χ2n) is 8.60. The van der Waals surface area contributed by atoms with E-state index in [0.717, 1.165) is 36.3 Å². The van der Waals surface area contributed by atoms with Crippen LogP contribution in [0.3, 0.4) is 0 Å². The van der Waals surface area contributed by atoms with E-state index in [1.165, 1.54) is 21.9 Å². The molecule has 0 saturated heterocycles. The Balaban J connectivity index is 1.44. The Morgan fingerprint density at radius 2 is 1.58 bits per heavy atom. The van der Waals surface area contributed by atoms with Gasteiger partial charge in [0.05, 0.1) is 7.11 Å². The lowest BCUT2D eigenvalue weighted by Crippen LogP contribution is -2.32. The summed E-state index contributed by atoms with van der Waals surface area (Å²) in [6.07, 6.45) is 1.95. The molecule has 4 rings (SSSR count). The Morgan fingerprint density at radius 3 is 2.36 bits per heavy atom. The van der Waals surface area contributed by atoms with Gasteiger partial charge in [0.25, 0.3) is 0 Å². The fraction of sp³-hybridized carbons (Fsp3) is 0.226. The maximum Gasteiger partial charge on any atom is 0.119 e. The zero-order valence-corrected chi connectivity index (χ0v) is 19.7. The van der Waals surface area contributed by atoms with E-state index in [1.54, 1.807) is 7.11 Å². The molecule has 0 aliphatic carbocycles. The van der Waals surface area contributed by atoms with E-state index in [-0.39, 0.29) is 0 Å². The predicted molar refractivity (Wildman–Crippen MR) is 139 cm³/mol. The summed E-state index contributed by atoms with van der Waals surface area (Å²) in [6, 6.07) is 32.0. The van der Waals surface area contributed by atoms with Crippen molar-refractivity contribution in [1.29, 1.82) is 0 Å². The molecule has 0 spiro atoms. The summed E-state index contributed by atoms with van der Waals surface area (Å²) in [7, 11) is 3.93. The fourth-order valence-corrected chi connectivity index (χ4v) is 4.04. The lowest BCUT2D eigenvalue weighted by atomic mass is 9.99. The van der Waals surface area contributed by atoms with Crippen molar-refractivity contribution in [3.63, 3.8) is 0 Å². The van der Waals surface area contributed by atoms with Crippen LogP contribution in [0.25, 0.3) is 10.8 Å². The number of nitrogens with zero attached hydrogens (tertiary/aromatic N) is 1. The lowest BCUT2D eigenvalue weighted by Gasteiger charge is -2.25. The van der Waals surface area contributed by atoms with Crippen LogP contribution >= 0.6 is 0 Å². The van der Waals surface area contributed by atoms with Crippen molar-refractivity contribution in [2.24, 2.45) is 0 Å². The van der Waals surface area contributed by atoms with Gasteiger partial charge in [-0.05, 0) is 79.0 Å². The molecule has 0 heterocycles. The Hall–Kier alpha value is -3.54. The largest absolute Gasteiger partial charge is 0.497 e. The molecule has 0 N–H and O–H groups in total. The first-order valence-electron chi connectivity index (χ1n) is 11.5. The van der Waals surface area contributed by atoms with Crippen LogP contribution in [0.15, 0.2) is 91.0 Å². The zero-order valence-electron chi connectivity index (χ0n) is 19.7. The number of methoxy groups -OCH3 is 1. The number of ether oxygens (including phenoxy) is 1. The third-order valence-corrected chi connectivity index (χ3v) is 6.26. The summed E-state index contributed by atoms with van der Waals surface area (Å²) in [5.74, 6) is 7.55. The molecule has 0 saturated carbocycles. The minimum atomic E-state index is 0.384. The molecule has 0 fully saturated rings. The Morgan fingerprint density at radius 1 is 0.818 bits per heavy atom. The first-order chi connectivity index (χ1) is 16.1. The van der Waals surface area contributed by atoms with Gasteiger partial charge in [-0.1, -0.05) is 72.5 Å². The summed E-state index contributed by atoms with van der Waals surface area (Å²) in [6.45, 7) is 3.29. The topological polar surface area (TPSA) is 12.5 Å². The summed E-state index contributed by atoms with van der Waals surface area (Å²) in [4.78, 5) is 2.43. The molecule has 0 amide bonds. The quantitative estimate of drug-likeness (QED) is 0.315. The highest BCUT2D eigenvalue weighted by atomic mass is 16.5. The smallest absolute Gasteiger partial charge is 0.119 e. The predicted octanol–water partition coefficient (Wildman–Crippen LogP) is 6.35. The molecular formula is C31H31NO. The second-order valence-corrected chi connectivity index (χ2v) is 8.60. The van der Waals surface area contributed by atoms with E-state index in [2.05, 4.69) is 85.3 Å². The molecule has 0 radical (unpaired) electrons. The van der Waals surface area contributed by atoms with Gasteiger partial charge in [0.2, 0.25) is 0 Å². The second kappa shape index (κ2) is 10.9. The number of fused-ring (bicyclic) bond motifs is 1. The highest BCUT2D eigenvalue weighted by Crippen LogP contribution is 2.21. The SMILES string of the molecule is COc1ccc(C#Cc2ccccc2)c(CC(C)N(C)CCc2ccc3ccccc3c2)c1. The van der Waals surface area contributed by atoms with Crippen LogP contribution < -0.4 is 4.74 Å². The van der Waals surface area contributed by atoms with Gasteiger partial charge in [-0.2, -0.15) is 0 Å². The van der Waals surface area contributed by atoms with Crippen LogP contribution in [0.2, 0.25) is 0 Å². The maximum absolute atomic E-state index is 5.49. The number of hydrogen-bond acceptors (Lipinski definition) is 2. The standard InChI is InChI=1S/C31H31NO/c1-24(32(2)20-19-26-14-16-27-11-7-8-12-29(27)22-26)21-30-23-31(33-3)18-17-28(30)15-13-25-9-5-4-6-10-25/h4-12,14,16-18,22-24H,19-21H2,1-3H3.